The Morgan fingerprint density at radius 1 is 1.29 bits per heavy atom. The van der Waals surface area contributed by atoms with E-state index in [0.717, 1.165) is 6.42 Å². The summed E-state index contributed by atoms with van der Waals surface area (Å²) in [6.07, 6.45) is 1.52. The van der Waals surface area contributed by atoms with E-state index in [9.17, 15) is 13.2 Å². The van der Waals surface area contributed by atoms with Gasteiger partial charge in [0.25, 0.3) is 0 Å². The molecule has 2 rings (SSSR count). The van der Waals surface area contributed by atoms with Gasteiger partial charge in [-0.05, 0) is 30.4 Å². The van der Waals surface area contributed by atoms with Gasteiger partial charge in [0.2, 0.25) is 10.0 Å². The van der Waals surface area contributed by atoms with E-state index in [1.807, 2.05) is 6.92 Å². The summed E-state index contributed by atoms with van der Waals surface area (Å²) in [6.45, 7) is 2.79. The van der Waals surface area contributed by atoms with Crippen molar-refractivity contribution in [1.29, 1.82) is 0 Å². The molecule has 5 nitrogen and oxygen atoms in total. The first-order valence-corrected chi connectivity index (χ1v) is 8.66. The van der Waals surface area contributed by atoms with E-state index in [4.69, 9.17) is 5.11 Å². The second-order valence-electron chi connectivity index (χ2n) is 5.49. The second kappa shape index (κ2) is 6.58. The summed E-state index contributed by atoms with van der Waals surface area (Å²) in [5.41, 5.74) is 0. The third-order valence-electron chi connectivity index (χ3n) is 4.20. The molecule has 0 bridgehead atoms. The van der Waals surface area contributed by atoms with Crippen molar-refractivity contribution in [2.75, 3.05) is 13.1 Å². The average Bonchev–Trinajstić information content (AvgIpc) is 2.47. The van der Waals surface area contributed by atoms with Crippen LogP contribution in [0.25, 0.3) is 0 Å². The highest BCUT2D eigenvalue weighted by Gasteiger charge is 2.35. The van der Waals surface area contributed by atoms with Gasteiger partial charge in [0.15, 0.2) is 0 Å². The average molecular weight is 311 g/mol. The van der Waals surface area contributed by atoms with Crippen LogP contribution in [-0.2, 0) is 14.8 Å². The largest absolute Gasteiger partial charge is 0.481 e. The molecule has 0 aliphatic carbocycles. The minimum Gasteiger partial charge on any atom is -0.481 e. The van der Waals surface area contributed by atoms with E-state index in [-0.39, 0.29) is 18.3 Å². The van der Waals surface area contributed by atoms with Crippen LogP contribution in [0, 0.1) is 11.8 Å². The molecule has 0 unspecified atom stereocenters. The molecule has 1 heterocycles. The number of hydrogen-bond acceptors (Lipinski definition) is 3. The maximum Gasteiger partial charge on any atom is 0.303 e. The van der Waals surface area contributed by atoms with E-state index >= 15 is 0 Å². The lowest BCUT2D eigenvalue weighted by atomic mass is 9.82. The molecule has 116 valence electrons. The first-order valence-electron chi connectivity index (χ1n) is 7.22. The zero-order chi connectivity index (χ0) is 15.5. The maximum absolute atomic E-state index is 12.6. The van der Waals surface area contributed by atoms with Crippen molar-refractivity contribution in [1.82, 2.24) is 4.31 Å². The van der Waals surface area contributed by atoms with Crippen LogP contribution in [0.1, 0.15) is 26.2 Å². The van der Waals surface area contributed by atoms with E-state index in [1.165, 1.54) is 4.31 Å². The van der Waals surface area contributed by atoms with Crippen molar-refractivity contribution in [3.63, 3.8) is 0 Å². The smallest absolute Gasteiger partial charge is 0.303 e. The van der Waals surface area contributed by atoms with Gasteiger partial charge in [-0.3, -0.25) is 4.79 Å². The molecule has 1 aliphatic heterocycles. The van der Waals surface area contributed by atoms with E-state index in [1.54, 1.807) is 30.3 Å². The molecule has 1 fully saturated rings. The van der Waals surface area contributed by atoms with Crippen molar-refractivity contribution >= 4 is 16.0 Å². The SMILES string of the molecule is CC[C@H]1CN(S(=O)(=O)c2ccccc2)CC[C@H]1CC(=O)O. The minimum absolute atomic E-state index is 0.0646. The maximum atomic E-state index is 12.6. The number of hydrogen-bond donors (Lipinski definition) is 1. The third kappa shape index (κ3) is 3.63. The summed E-state index contributed by atoms with van der Waals surface area (Å²) < 4.78 is 26.7. The Hall–Kier alpha value is -1.40. The number of carboxylic acids is 1. The summed E-state index contributed by atoms with van der Waals surface area (Å²) in [5.74, 6) is -0.638. The van der Waals surface area contributed by atoms with Gasteiger partial charge in [0.1, 0.15) is 0 Å². The number of rotatable bonds is 5. The molecule has 0 radical (unpaired) electrons. The van der Waals surface area contributed by atoms with Gasteiger partial charge in [0.05, 0.1) is 4.90 Å². The highest BCUT2D eigenvalue weighted by molar-refractivity contribution is 7.89. The monoisotopic (exact) mass is 311 g/mol. The van der Waals surface area contributed by atoms with Gasteiger partial charge in [-0.1, -0.05) is 31.5 Å². The van der Waals surface area contributed by atoms with Crippen molar-refractivity contribution in [2.45, 2.75) is 31.1 Å². The number of sulfonamides is 1. The highest BCUT2D eigenvalue weighted by atomic mass is 32.2. The van der Waals surface area contributed by atoms with Gasteiger partial charge in [-0.25, -0.2) is 8.42 Å². The van der Waals surface area contributed by atoms with Gasteiger partial charge < -0.3 is 5.11 Å². The summed E-state index contributed by atoms with van der Waals surface area (Å²) in [4.78, 5) is 11.2. The topological polar surface area (TPSA) is 74.7 Å². The lowest BCUT2D eigenvalue weighted by molar-refractivity contribution is -0.138. The van der Waals surface area contributed by atoms with Crippen molar-refractivity contribution in [3.05, 3.63) is 30.3 Å². The van der Waals surface area contributed by atoms with Crippen molar-refractivity contribution in [3.8, 4) is 0 Å². The number of carbonyl (C=O) groups is 1. The molecule has 6 heteroatoms. The number of piperidine rings is 1. The predicted octanol–water partition coefficient (Wildman–Crippen LogP) is 2.20. The molecule has 0 amide bonds. The molecule has 21 heavy (non-hydrogen) atoms. The molecule has 0 spiro atoms. The summed E-state index contributed by atoms with van der Waals surface area (Å²) >= 11 is 0. The molecular formula is C15H21NO4S. The summed E-state index contributed by atoms with van der Waals surface area (Å²) in [6, 6.07) is 8.40. The first kappa shape index (κ1) is 16.0. The van der Waals surface area contributed by atoms with Crippen LogP contribution in [-0.4, -0.2) is 36.9 Å². The van der Waals surface area contributed by atoms with Crippen molar-refractivity contribution in [2.24, 2.45) is 11.8 Å². The van der Waals surface area contributed by atoms with Crippen LogP contribution in [0.3, 0.4) is 0 Å². The number of benzene rings is 1. The van der Waals surface area contributed by atoms with E-state index in [0.29, 0.717) is 24.4 Å². The highest BCUT2D eigenvalue weighted by Crippen LogP contribution is 2.31. The Morgan fingerprint density at radius 3 is 2.52 bits per heavy atom. The third-order valence-corrected chi connectivity index (χ3v) is 6.08. The van der Waals surface area contributed by atoms with E-state index < -0.39 is 16.0 Å². The lowest BCUT2D eigenvalue weighted by Crippen LogP contribution is -2.44. The number of nitrogens with zero attached hydrogens (tertiary/aromatic N) is 1. The molecule has 1 aromatic rings. The predicted molar refractivity (Wildman–Crippen MR) is 79.3 cm³/mol. The fraction of sp³-hybridized carbons (Fsp3) is 0.533. The fourth-order valence-corrected chi connectivity index (χ4v) is 4.50. The molecule has 1 aromatic carbocycles. The quantitative estimate of drug-likeness (QED) is 0.904. The normalized spacial score (nSPS) is 23.9. The molecule has 1 aliphatic rings. The zero-order valence-electron chi connectivity index (χ0n) is 12.1. The molecule has 1 saturated heterocycles. The van der Waals surface area contributed by atoms with Gasteiger partial charge in [-0.2, -0.15) is 4.31 Å². The Kier molecular flexibility index (Phi) is 5.00. The van der Waals surface area contributed by atoms with Gasteiger partial charge >= 0.3 is 5.97 Å². The lowest BCUT2D eigenvalue weighted by Gasteiger charge is -2.37. The van der Waals surface area contributed by atoms with Gasteiger partial charge in [-0.15, -0.1) is 0 Å². The molecule has 2 atom stereocenters. The van der Waals surface area contributed by atoms with Crippen LogP contribution in [0.5, 0.6) is 0 Å². The second-order valence-corrected chi connectivity index (χ2v) is 7.43. The zero-order valence-corrected chi connectivity index (χ0v) is 12.9. The Bertz CT molecular complexity index is 585. The molecule has 0 saturated carbocycles. The van der Waals surface area contributed by atoms with Crippen LogP contribution in [0.2, 0.25) is 0 Å². The fourth-order valence-electron chi connectivity index (χ4n) is 2.96. The Morgan fingerprint density at radius 2 is 1.95 bits per heavy atom. The van der Waals surface area contributed by atoms with Crippen molar-refractivity contribution < 1.29 is 18.3 Å². The van der Waals surface area contributed by atoms with Crippen LogP contribution in [0.15, 0.2) is 35.2 Å². The summed E-state index contributed by atoms with van der Waals surface area (Å²) in [7, 11) is -3.47. The van der Waals surface area contributed by atoms with Crippen LogP contribution >= 0.6 is 0 Å². The summed E-state index contributed by atoms with van der Waals surface area (Å²) in [5, 5.41) is 8.95. The molecule has 1 N–H and O–H groups in total. The first-order chi connectivity index (χ1) is 9.95. The Balaban J connectivity index is 2.15. The van der Waals surface area contributed by atoms with Gasteiger partial charge in [0, 0.05) is 19.5 Å². The molecular weight excluding hydrogens is 290 g/mol. The number of carboxylic acid groups (broad SMARTS) is 1. The standard InChI is InChI=1S/C15H21NO4S/c1-2-12-11-16(9-8-13(12)10-15(17)18)21(19,20)14-6-4-3-5-7-14/h3-7,12-13H,2,8-11H2,1H3,(H,17,18)/t12-,13-/m0/s1. The number of aliphatic carboxylic acids is 1. The van der Waals surface area contributed by atoms with E-state index in [2.05, 4.69) is 0 Å². The van der Waals surface area contributed by atoms with Crippen LogP contribution in [0.4, 0.5) is 0 Å². The minimum atomic E-state index is -3.47. The Labute approximate surface area is 125 Å². The van der Waals surface area contributed by atoms with Crippen LogP contribution < -0.4 is 0 Å². The molecule has 0 aromatic heterocycles.